The van der Waals surface area contributed by atoms with Gasteiger partial charge < -0.3 is 9.64 Å². The Balaban J connectivity index is 1.67. The topological polar surface area (TPSA) is 120 Å². The van der Waals surface area contributed by atoms with Gasteiger partial charge in [0.25, 0.3) is 0 Å². The SMILES string of the molecule is CCOc1cc(Cl)c(S(=O)(=O)N(C)C)cc1C1=NC(c2ccc(Cl)cc2)C(c2ccc(Cl)cc2)N1C(=O)N1CCN(CCS(C)(=O)=O)CC1. The fraction of sp³-hybridized carbons (Fsp3) is 0.394. The lowest BCUT2D eigenvalue weighted by molar-refractivity contribution is 0.122. The highest BCUT2D eigenvalue weighted by atomic mass is 35.5. The van der Waals surface area contributed by atoms with E-state index in [9.17, 15) is 21.6 Å². The maximum atomic E-state index is 14.8. The van der Waals surface area contributed by atoms with Crippen LogP contribution in [-0.4, -0.2) is 113 Å². The first-order valence-corrected chi connectivity index (χ1v) is 20.2. The molecule has 0 radical (unpaired) electrons. The van der Waals surface area contributed by atoms with Gasteiger partial charge in [-0.3, -0.25) is 14.8 Å². The number of piperazine rings is 1. The Labute approximate surface area is 303 Å². The van der Waals surface area contributed by atoms with Gasteiger partial charge in [0.15, 0.2) is 0 Å². The Morgan fingerprint density at radius 3 is 2.00 bits per heavy atom. The largest absolute Gasteiger partial charge is 0.493 e. The lowest BCUT2D eigenvalue weighted by Crippen LogP contribution is -2.54. The molecule has 0 spiro atoms. The fourth-order valence-electron chi connectivity index (χ4n) is 5.84. The number of sulfonamides is 1. The van der Waals surface area contributed by atoms with E-state index in [1.807, 2.05) is 29.2 Å². The van der Waals surface area contributed by atoms with Crippen LogP contribution in [-0.2, 0) is 19.9 Å². The summed E-state index contributed by atoms with van der Waals surface area (Å²) in [5.74, 6) is 0.499. The van der Waals surface area contributed by atoms with Crippen LogP contribution >= 0.6 is 34.8 Å². The number of benzene rings is 3. The van der Waals surface area contributed by atoms with E-state index in [0.29, 0.717) is 42.8 Å². The van der Waals surface area contributed by atoms with E-state index in [0.717, 1.165) is 15.4 Å². The number of hydrogen-bond acceptors (Lipinski definition) is 8. The van der Waals surface area contributed by atoms with Crippen LogP contribution in [0.25, 0.3) is 0 Å². The summed E-state index contributed by atoms with van der Waals surface area (Å²) in [4.78, 5) is 25.1. The number of hydrogen-bond donors (Lipinski definition) is 0. The van der Waals surface area contributed by atoms with Crippen molar-refractivity contribution in [2.24, 2.45) is 4.99 Å². The molecule has 2 unspecified atom stereocenters. The summed E-state index contributed by atoms with van der Waals surface area (Å²) in [5, 5.41) is 1.01. The second-order valence-corrected chi connectivity index (χ2v) is 17.7. The highest BCUT2D eigenvalue weighted by molar-refractivity contribution is 7.90. The molecule has 0 aliphatic carbocycles. The van der Waals surface area contributed by atoms with Crippen LogP contribution in [0.4, 0.5) is 4.79 Å². The lowest BCUT2D eigenvalue weighted by Gasteiger charge is -2.39. The molecule has 0 bridgehead atoms. The van der Waals surface area contributed by atoms with Gasteiger partial charge in [-0.2, -0.15) is 0 Å². The molecule has 1 saturated heterocycles. The van der Waals surface area contributed by atoms with Gasteiger partial charge in [-0.15, -0.1) is 0 Å². The Kier molecular flexibility index (Phi) is 11.5. The molecule has 11 nitrogen and oxygen atoms in total. The number of aliphatic imine (C=N–C) groups is 1. The Bertz CT molecular complexity index is 1930. The average molecular weight is 771 g/mol. The molecule has 264 valence electrons. The molecule has 2 amide bonds. The third kappa shape index (κ3) is 8.36. The average Bonchev–Trinajstić information content (AvgIpc) is 3.44. The minimum Gasteiger partial charge on any atom is -0.493 e. The molecule has 3 aromatic rings. The molecule has 1 fully saturated rings. The molecule has 5 rings (SSSR count). The molecule has 0 aromatic heterocycles. The van der Waals surface area contributed by atoms with E-state index < -0.39 is 31.9 Å². The summed E-state index contributed by atoms with van der Waals surface area (Å²) < 4.78 is 57.5. The first-order chi connectivity index (χ1) is 23.1. The van der Waals surface area contributed by atoms with Crippen molar-refractivity contribution in [3.05, 3.63) is 92.4 Å². The molecule has 2 atom stereocenters. The van der Waals surface area contributed by atoms with Crippen molar-refractivity contribution in [3.63, 3.8) is 0 Å². The smallest absolute Gasteiger partial charge is 0.326 e. The maximum Gasteiger partial charge on any atom is 0.326 e. The van der Waals surface area contributed by atoms with Crippen molar-refractivity contribution in [2.75, 3.05) is 65.4 Å². The Morgan fingerprint density at radius 2 is 1.47 bits per heavy atom. The number of carbonyl (C=O) groups is 1. The van der Waals surface area contributed by atoms with Crippen molar-refractivity contribution in [3.8, 4) is 5.75 Å². The minimum atomic E-state index is -4.01. The van der Waals surface area contributed by atoms with Crippen LogP contribution in [0.15, 0.2) is 70.6 Å². The summed E-state index contributed by atoms with van der Waals surface area (Å²) in [6.07, 6.45) is 1.21. The van der Waals surface area contributed by atoms with E-state index >= 15 is 0 Å². The van der Waals surface area contributed by atoms with E-state index in [1.54, 1.807) is 41.0 Å². The molecule has 0 N–H and O–H groups in total. The summed E-state index contributed by atoms with van der Waals surface area (Å²) in [7, 11) is -4.34. The van der Waals surface area contributed by atoms with Gasteiger partial charge in [0.1, 0.15) is 32.4 Å². The van der Waals surface area contributed by atoms with Gasteiger partial charge >= 0.3 is 6.03 Å². The lowest BCUT2D eigenvalue weighted by atomic mass is 9.93. The zero-order valence-electron chi connectivity index (χ0n) is 27.5. The molecular formula is C33H38Cl3N5O6S2. The first kappa shape index (κ1) is 37.3. The fourth-order valence-corrected chi connectivity index (χ4v) is 8.10. The molecule has 2 heterocycles. The minimum absolute atomic E-state index is 0.0280. The van der Waals surface area contributed by atoms with Crippen molar-refractivity contribution < 1.29 is 26.4 Å². The van der Waals surface area contributed by atoms with Crippen LogP contribution in [0.2, 0.25) is 15.1 Å². The van der Waals surface area contributed by atoms with Gasteiger partial charge in [0.2, 0.25) is 10.0 Å². The van der Waals surface area contributed by atoms with E-state index in [2.05, 4.69) is 0 Å². The van der Waals surface area contributed by atoms with Gasteiger partial charge in [0, 0.05) is 69.2 Å². The third-order valence-electron chi connectivity index (χ3n) is 8.45. The Morgan fingerprint density at radius 1 is 0.898 bits per heavy atom. The molecule has 49 heavy (non-hydrogen) atoms. The van der Waals surface area contributed by atoms with Crippen molar-refractivity contribution in [1.29, 1.82) is 0 Å². The maximum absolute atomic E-state index is 14.8. The number of urea groups is 1. The van der Waals surface area contributed by atoms with Crippen LogP contribution in [0.3, 0.4) is 0 Å². The number of carbonyl (C=O) groups excluding carboxylic acids is 1. The van der Waals surface area contributed by atoms with Crippen molar-refractivity contribution in [1.82, 2.24) is 19.0 Å². The number of ether oxygens (including phenoxy) is 1. The summed E-state index contributed by atoms with van der Waals surface area (Å²) in [6.45, 7) is 4.02. The summed E-state index contributed by atoms with van der Waals surface area (Å²) in [5.41, 5.74) is 1.80. The van der Waals surface area contributed by atoms with Crippen LogP contribution in [0.5, 0.6) is 5.75 Å². The number of rotatable bonds is 10. The molecule has 2 aliphatic heterocycles. The number of nitrogens with zero attached hydrogens (tertiary/aromatic N) is 5. The Hall–Kier alpha value is -2.91. The van der Waals surface area contributed by atoms with Crippen LogP contribution in [0.1, 0.15) is 35.7 Å². The number of sulfone groups is 1. The molecule has 3 aromatic carbocycles. The van der Waals surface area contributed by atoms with Gasteiger partial charge in [-0.05, 0) is 48.4 Å². The van der Waals surface area contributed by atoms with E-state index in [-0.39, 0.29) is 45.5 Å². The quantitative estimate of drug-likeness (QED) is 0.263. The van der Waals surface area contributed by atoms with Gasteiger partial charge in [0.05, 0.1) is 29.0 Å². The highest BCUT2D eigenvalue weighted by Gasteiger charge is 2.45. The normalized spacial score (nSPS) is 19.0. The first-order valence-electron chi connectivity index (χ1n) is 15.6. The summed E-state index contributed by atoms with van der Waals surface area (Å²) >= 11 is 19.1. The molecule has 16 heteroatoms. The number of amides is 2. The van der Waals surface area contributed by atoms with Crippen LogP contribution < -0.4 is 4.74 Å². The number of amidine groups is 1. The summed E-state index contributed by atoms with van der Waals surface area (Å²) in [6, 6.07) is 15.5. The monoisotopic (exact) mass is 769 g/mol. The van der Waals surface area contributed by atoms with Crippen molar-refractivity contribution >= 4 is 66.5 Å². The van der Waals surface area contributed by atoms with Crippen LogP contribution in [0, 0.1) is 0 Å². The molecular weight excluding hydrogens is 733 g/mol. The zero-order valence-corrected chi connectivity index (χ0v) is 31.4. The van der Waals surface area contributed by atoms with Gasteiger partial charge in [-0.1, -0.05) is 59.1 Å². The predicted octanol–water partition coefficient (Wildman–Crippen LogP) is 5.62. The third-order valence-corrected chi connectivity index (χ3v) is 12.2. The molecule has 0 saturated carbocycles. The molecule has 2 aliphatic rings. The van der Waals surface area contributed by atoms with Crippen molar-refractivity contribution in [2.45, 2.75) is 23.9 Å². The highest BCUT2D eigenvalue weighted by Crippen LogP contribution is 2.46. The standard InChI is InChI=1S/C33H38Cl3N5O6S2/c1-5-47-28-21-27(36)29(49(45,46)38(2)3)20-26(28)32-37-30(22-6-10-24(34)11-7-22)31(23-8-12-25(35)13-9-23)41(32)33(42)40-16-14-39(15-17-40)18-19-48(4,43)44/h6-13,20-21,30-31H,5,14-19H2,1-4H3. The second-order valence-electron chi connectivity index (χ2n) is 12.1. The number of halogens is 3. The predicted molar refractivity (Wildman–Crippen MR) is 193 cm³/mol. The second kappa shape index (κ2) is 15.1. The van der Waals surface area contributed by atoms with Gasteiger partial charge in [-0.25, -0.2) is 25.9 Å². The van der Waals surface area contributed by atoms with E-state index in [1.165, 1.54) is 32.5 Å². The van der Waals surface area contributed by atoms with E-state index in [4.69, 9.17) is 44.5 Å². The zero-order chi connectivity index (χ0) is 35.7.